The van der Waals surface area contributed by atoms with Crippen LogP contribution >= 0.6 is 34.0 Å². The zero-order chi connectivity index (χ0) is 14.2. The molecule has 0 saturated heterocycles. The van der Waals surface area contributed by atoms with E-state index in [0.29, 0.717) is 0 Å². The summed E-state index contributed by atoms with van der Waals surface area (Å²) in [5.41, 5.74) is 4.29. The largest absolute Gasteiger partial charge is 0.508 e. The molecule has 2 aromatic heterocycles. The summed E-state index contributed by atoms with van der Waals surface area (Å²) in [6.07, 6.45) is 5.79. The molecular formula is C17H17Br2N3O. The predicted octanol–water partition coefficient (Wildman–Crippen LogP) is 4.42. The maximum absolute atomic E-state index is 9.47. The molecule has 0 radical (unpaired) electrons. The first kappa shape index (κ1) is 17.7. The van der Waals surface area contributed by atoms with Gasteiger partial charge >= 0.3 is 0 Å². The van der Waals surface area contributed by atoms with Gasteiger partial charge in [-0.3, -0.25) is 4.98 Å². The van der Waals surface area contributed by atoms with E-state index in [4.69, 9.17) is 4.98 Å². The summed E-state index contributed by atoms with van der Waals surface area (Å²) in [5.74, 6) is 1.42. The van der Waals surface area contributed by atoms with Crippen molar-refractivity contribution in [1.29, 1.82) is 0 Å². The van der Waals surface area contributed by atoms with Crippen LogP contribution in [0.1, 0.15) is 12.2 Å². The lowest BCUT2D eigenvalue weighted by Crippen LogP contribution is -1.96. The molecule has 0 fully saturated rings. The predicted molar refractivity (Wildman–Crippen MR) is 102 cm³/mol. The van der Waals surface area contributed by atoms with Gasteiger partial charge in [0, 0.05) is 36.5 Å². The number of phenols is 1. The first-order valence-corrected chi connectivity index (χ1v) is 7.12. The van der Waals surface area contributed by atoms with Crippen molar-refractivity contribution in [3.05, 3.63) is 54.6 Å². The van der Waals surface area contributed by atoms with Crippen molar-refractivity contribution < 1.29 is 5.11 Å². The van der Waals surface area contributed by atoms with Crippen molar-refractivity contribution in [2.75, 3.05) is 0 Å². The summed E-state index contributed by atoms with van der Waals surface area (Å²) in [5, 5.41) is 9.47. The molecule has 6 heteroatoms. The monoisotopic (exact) mass is 437 g/mol. The molecule has 0 aliphatic carbocycles. The molecule has 1 N–H and O–H groups in total. The van der Waals surface area contributed by atoms with Gasteiger partial charge in [-0.05, 0) is 42.8 Å². The summed E-state index contributed by atoms with van der Waals surface area (Å²) in [7, 11) is 0. The zero-order valence-corrected chi connectivity index (χ0v) is 15.8. The van der Waals surface area contributed by atoms with Crippen molar-refractivity contribution in [2.45, 2.75) is 19.4 Å². The fraction of sp³-hybridized carbons (Fsp3) is 0.176. The van der Waals surface area contributed by atoms with Crippen LogP contribution < -0.4 is 0 Å². The molecular weight excluding hydrogens is 422 g/mol. The minimum atomic E-state index is 0. The number of pyridine rings is 1. The summed E-state index contributed by atoms with van der Waals surface area (Å²) >= 11 is 0. The number of halogens is 2. The van der Waals surface area contributed by atoms with Gasteiger partial charge in [0.05, 0.1) is 11.4 Å². The van der Waals surface area contributed by atoms with Gasteiger partial charge < -0.3 is 9.67 Å². The molecule has 4 rings (SSSR count). The number of nitrogens with zero attached hydrogens (tertiary/aromatic N) is 3. The van der Waals surface area contributed by atoms with Crippen LogP contribution in [-0.4, -0.2) is 19.6 Å². The maximum atomic E-state index is 9.47. The minimum Gasteiger partial charge on any atom is -0.508 e. The highest BCUT2D eigenvalue weighted by Crippen LogP contribution is 2.35. The second-order valence-corrected chi connectivity index (χ2v) is 5.26. The van der Waals surface area contributed by atoms with E-state index in [2.05, 4.69) is 9.55 Å². The highest BCUT2D eigenvalue weighted by atomic mass is 79.9. The van der Waals surface area contributed by atoms with E-state index in [-0.39, 0.29) is 39.7 Å². The number of aryl methyl sites for hydroxylation is 1. The first-order valence-electron chi connectivity index (χ1n) is 7.12. The summed E-state index contributed by atoms with van der Waals surface area (Å²) < 4.78 is 2.30. The first-order chi connectivity index (χ1) is 10.3. The van der Waals surface area contributed by atoms with E-state index in [1.54, 1.807) is 12.1 Å². The summed E-state index contributed by atoms with van der Waals surface area (Å²) in [6.45, 7) is 1.01. The molecule has 4 nitrogen and oxygen atoms in total. The van der Waals surface area contributed by atoms with E-state index in [0.717, 1.165) is 47.7 Å². The minimum absolute atomic E-state index is 0. The Morgan fingerprint density at radius 2 is 1.61 bits per heavy atom. The van der Waals surface area contributed by atoms with Gasteiger partial charge in [0.2, 0.25) is 0 Å². The normalized spacial score (nSPS) is 12.2. The lowest BCUT2D eigenvalue weighted by atomic mass is 10.1. The van der Waals surface area contributed by atoms with Crippen LogP contribution in [0.4, 0.5) is 0 Å². The average molecular weight is 439 g/mol. The molecule has 0 unspecified atom stereocenters. The Labute approximate surface area is 155 Å². The smallest absolute Gasteiger partial charge is 0.115 e. The Morgan fingerprint density at radius 1 is 0.913 bits per heavy atom. The lowest BCUT2D eigenvalue weighted by Gasteiger charge is -2.08. The van der Waals surface area contributed by atoms with E-state index in [1.807, 2.05) is 36.7 Å². The molecule has 1 aromatic carbocycles. The molecule has 0 saturated carbocycles. The average Bonchev–Trinajstić information content (AvgIpc) is 3.09. The molecule has 1 aliphatic rings. The summed E-state index contributed by atoms with van der Waals surface area (Å²) in [6, 6.07) is 11.3. The zero-order valence-electron chi connectivity index (χ0n) is 12.3. The number of aromatic nitrogens is 3. The van der Waals surface area contributed by atoms with Crippen molar-refractivity contribution in [3.8, 4) is 28.3 Å². The van der Waals surface area contributed by atoms with Crippen LogP contribution in [0.5, 0.6) is 5.75 Å². The maximum Gasteiger partial charge on any atom is 0.115 e. The van der Waals surface area contributed by atoms with Gasteiger partial charge in [-0.25, -0.2) is 4.98 Å². The standard InChI is InChI=1S/C17H15N3O.2BrH/c21-14-5-3-12(4-6-14)16-17(13-7-9-18-10-8-13)20-11-1-2-15(20)19-16;;/h3-10,21H,1-2,11H2;2*1H. The lowest BCUT2D eigenvalue weighted by molar-refractivity contribution is 0.475. The van der Waals surface area contributed by atoms with Crippen molar-refractivity contribution in [3.63, 3.8) is 0 Å². The molecule has 0 bridgehead atoms. The molecule has 1 aliphatic heterocycles. The number of hydrogen-bond donors (Lipinski definition) is 1. The topological polar surface area (TPSA) is 50.9 Å². The number of fused-ring (bicyclic) bond motifs is 1. The fourth-order valence-electron chi connectivity index (χ4n) is 2.95. The van der Waals surface area contributed by atoms with E-state index in [1.165, 1.54) is 0 Å². The van der Waals surface area contributed by atoms with E-state index >= 15 is 0 Å². The van der Waals surface area contributed by atoms with Crippen molar-refractivity contribution in [1.82, 2.24) is 14.5 Å². The highest BCUT2D eigenvalue weighted by molar-refractivity contribution is 8.93. The van der Waals surface area contributed by atoms with Crippen LogP contribution in [0.2, 0.25) is 0 Å². The van der Waals surface area contributed by atoms with Crippen LogP contribution in [0.25, 0.3) is 22.5 Å². The molecule has 23 heavy (non-hydrogen) atoms. The Balaban J connectivity index is 0.000000960. The van der Waals surface area contributed by atoms with Crippen molar-refractivity contribution >= 4 is 34.0 Å². The number of aromatic hydroxyl groups is 1. The molecule has 0 atom stereocenters. The van der Waals surface area contributed by atoms with E-state index in [9.17, 15) is 5.11 Å². The Kier molecular flexibility index (Phi) is 5.59. The number of phenolic OH excluding ortho intramolecular Hbond substituents is 1. The Bertz CT molecular complexity index is 786. The van der Waals surface area contributed by atoms with Crippen LogP contribution in [0.15, 0.2) is 48.8 Å². The molecule has 0 amide bonds. The van der Waals surface area contributed by atoms with Gasteiger partial charge in [0.25, 0.3) is 0 Å². The van der Waals surface area contributed by atoms with Gasteiger partial charge in [0.15, 0.2) is 0 Å². The van der Waals surface area contributed by atoms with Crippen molar-refractivity contribution in [2.24, 2.45) is 0 Å². The molecule has 3 heterocycles. The van der Waals surface area contributed by atoms with Crippen LogP contribution in [-0.2, 0) is 13.0 Å². The number of hydrogen-bond acceptors (Lipinski definition) is 3. The third-order valence-electron chi connectivity index (χ3n) is 3.92. The Hall–Kier alpha value is -1.66. The highest BCUT2D eigenvalue weighted by Gasteiger charge is 2.22. The Morgan fingerprint density at radius 3 is 2.30 bits per heavy atom. The van der Waals surface area contributed by atoms with Gasteiger partial charge in [-0.1, -0.05) is 0 Å². The van der Waals surface area contributed by atoms with Crippen LogP contribution in [0.3, 0.4) is 0 Å². The molecule has 120 valence electrons. The molecule has 3 aromatic rings. The third-order valence-corrected chi connectivity index (χ3v) is 3.92. The fourth-order valence-corrected chi connectivity index (χ4v) is 2.95. The second-order valence-electron chi connectivity index (χ2n) is 5.26. The third kappa shape index (κ3) is 3.19. The van der Waals surface area contributed by atoms with Gasteiger partial charge in [0.1, 0.15) is 11.6 Å². The second kappa shape index (κ2) is 7.27. The van der Waals surface area contributed by atoms with E-state index < -0.39 is 0 Å². The van der Waals surface area contributed by atoms with Gasteiger partial charge in [-0.2, -0.15) is 0 Å². The number of rotatable bonds is 2. The molecule has 0 spiro atoms. The summed E-state index contributed by atoms with van der Waals surface area (Å²) in [4.78, 5) is 8.93. The van der Waals surface area contributed by atoms with Gasteiger partial charge in [-0.15, -0.1) is 34.0 Å². The number of benzene rings is 1. The number of imidazole rings is 1. The van der Waals surface area contributed by atoms with Crippen LogP contribution in [0, 0.1) is 0 Å². The quantitative estimate of drug-likeness (QED) is 0.644. The SMILES string of the molecule is Br.Br.Oc1ccc(-c2nc3n(c2-c2ccncc2)CCC3)cc1.